The zero-order valence-electron chi connectivity index (χ0n) is 9.90. The van der Waals surface area contributed by atoms with Gasteiger partial charge in [-0.2, -0.15) is 0 Å². The molecule has 0 aliphatic rings. The fourth-order valence-corrected chi connectivity index (χ4v) is 2.03. The predicted molar refractivity (Wildman–Crippen MR) is 75.3 cm³/mol. The lowest BCUT2D eigenvalue weighted by molar-refractivity contribution is 0.788. The highest BCUT2D eigenvalue weighted by Gasteiger charge is 2.08. The molecule has 1 N–H and O–H groups in total. The molecule has 0 bridgehead atoms. The van der Waals surface area contributed by atoms with Crippen LogP contribution >= 0.6 is 23.2 Å². The Kier molecular flexibility index (Phi) is 4.39. The monoisotopic (exact) mass is 281 g/mol. The molecule has 0 aliphatic carbocycles. The second-order valence-electron chi connectivity index (χ2n) is 4.11. The third-order valence-electron chi connectivity index (χ3n) is 2.51. The molecule has 1 heterocycles. The van der Waals surface area contributed by atoms with Crippen LogP contribution in [0.25, 0.3) is 0 Å². The van der Waals surface area contributed by atoms with Gasteiger partial charge in [-0.25, -0.2) is 0 Å². The quantitative estimate of drug-likeness (QED) is 0.926. The number of aromatic nitrogens is 2. The molecule has 5 heteroatoms. The smallest absolute Gasteiger partial charge is 0.174 e. The van der Waals surface area contributed by atoms with Gasteiger partial charge >= 0.3 is 0 Å². The average Bonchev–Trinajstić information content (AvgIpc) is 2.35. The molecule has 0 amide bonds. The highest BCUT2D eigenvalue weighted by molar-refractivity contribution is 6.33. The first-order valence-electron chi connectivity index (χ1n) is 5.64. The van der Waals surface area contributed by atoms with E-state index in [1.54, 1.807) is 6.07 Å². The van der Waals surface area contributed by atoms with E-state index in [0.717, 1.165) is 6.42 Å². The molecule has 0 fully saturated rings. The fourth-order valence-electron chi connectivity index (χ4n) is 1.74. The Balaban J connectivity index is 2.03. The van der Waals surface area contributed by atoms with Crippen molar-refractivity contribution < 1.29 is 0 Å². The molecule has 0 saturated heterocycles. The van der Waals surface area contributed by atoms with Crippen LogP contribution in [-0.2, 0) is 6.42 Å². The lowest BCUT2D eigenvalue weighted by atomic mass is 10.1. The summed E-state index contributed by atoms with van der Waals surface area (Å²) in [5.41, 5.74) is 1.97. The van der Waals surface area contributed by atoms with Crippen molar-refractivity contribution in [1.82, 2.24) is 10.2 Å². The van der Waals surface area contributed by atoms with Crippen LogP contribution in [0.15, 0.2) is 36.4 Å². The van der Waals surface area contributed by atoms with E-state index in [1.165, 1.54) is 5.56 Å². The molecule has 2 rings (SSSR count). The van der Waals surface area contributed by atoms with E-state index in [9.17, 15) is 0 Å². The Morgan fingerprint density at radius 1 is 1.17 bits per heavy atom. The predicted octanol–water partition coefficient (Wildman–Crippen LogP) is 3.83. The minimum atomic E-state index is 0.227. The number of nitrogens with one attached hydrogen (secondary N) is 1. The van der Waals surface area contributed by atoms with Crippen LogP contribution in [-0.4, -0.2) is 16.2 Å². The van der Waals surface area contributed by atoms with Crippen molar-refractivity contribution in [2.45, 2.75) is 19.4 Å². The third kappa shape index (κ3) is 3.59. The molecule has 1 atom stereocenters. The normalized spacial score (nSPS) is 12.2. The minimum absolute atomic E-state index is 0.227. The molecule has 1 aromatic carbocycles. The van der Waals surface area contributed by atoms with Gasteiger partial charge in [-0.3, -0.25) is 0 Å². The van der Waals surface area contributed by atoms with Crippen LogP contribution < -0.4 is 5.32 Å². The zero-order valence-corrected chi connectivity index (χ0v) is 11.4. The summed E-state index contributed by atoms with van der Waals surface area (Å²) in [5.74, 6) is 0. The minimum Gasteiger partial charge on any atom is -0.380 e. The molecule has 0 radical (unpaired) electrons. The lowest BCUT2D eigenvalue weighted by Crippen LogP contribution is -2.18. The van der Waals surface area contributed by atoms with Crippen molar-refractivity contribution in [2.24, 2.45) is 0 Å². The number of hydrogen-bond donors (Lipinski definition) is 1. The van der Waals surface area contributed by atoms with Gasteiger partial charge in [0.2, 0.25) is 0 Å². The van der Waals surface area contributed by atoms with Crippen molar-refractivity contribution in [3.05, 3.63) is 52.3 Å². The van der Waals surface area contributed by atoms with Crippen molar-refractivity contribution >= 4 is 28.9 Å². The van der Waals surface area contributed by atoms with Gasteiger partial charge in [-0.1, -0.05) is 53.5 Å². The first-order chi connectivity index (χ1) is 8.65. The summed E-state index contributed by atoms with van der Waals surface area (Å²) in [6.45, 7) is 2.08. The Hall–Kier alpha value is -1.32. The summed E-state index contributed by atoms with van der Waals surface area (Å²) in [7, 11) is 0. The van der Waals surface area contributed by atoms with Gasteiger partial charge in [0, 0.05) is 12.1 Å². The highest BCUT2D eigenvalue weighted by Crippen LogP contribution is 2.22. The summed E-state index contributed by atoms with van der Waals surface area (Å²) in [6.07, 6.45) is 0.900. The molecule has 3 nitrogen and oxygen atoms in total. The van der Waals surface area contributed by atoms with Crippen LogP contribution in [0.4, 0.5) is 5.69 Å². The maximum absolute atomic E-state index is 5.95. The van der Waals surface area contributed by atoms with E-state index in [1.807, 2.05) is 18.2 Å². The van der Waals surface area contributed by atoms with Gasteiger partial charge in [0.05, 0.1) is 5.69 Å². The average molecular weight is 282 g/mol. The van der Waals surface area contributed by atoms with E-state index in [0.29, 0.717) is 16.0 Å². The number of halogens is 2. The van der Waals surface area contributed by atoms with Crippen LogP contribution in [0, 0.1) is 0 Å². The van der Waals surface area contributed by atoms with Crippen LogP contribution in [0.1, 0.15) is 12.5 Å². The molecule has 0 spiro atoms. The van der Waals surface area contributed by atoms with Crippen LogP contribution in [0.5, 0.6) is 0 Å². The zero-order chi connectivity index (χ0) is 13.0. The summed E-state index contributed by atoms with van der Waals surface area (Å²) >= 11 is 11.7. The Labute approximate surface area is 116 Å². The Morgan fingerprint density at radius 2 is 1.89 bits per heavy atom. The number of hydrogen-bond acceptors (Lipinski definition) is 3. The van der Waals surface area contributed by atoms with E-state index in [4.69, 9.17) is 23.2 Å². The van der Waals surface area contributed by atoms with Crippen molar-refractivity contribution in [1.29, 1.82) is 0 Å². The van der Waals surface area contributed by atoms with E-state index >= 15 is 0 Å². The number of anilines is 1. The summed E-state index contributed by atoms with van der Waals surface area (Å²) in [4.78, 5) is 0. The highest BCUT2D eigenvalue weighted by atomic mass is 35.5. The SMILES string of the molecule is CC(Cc1ccccc1)Nc1cc(Cl)nnc1Cl. The maximum atomic E-state index is 5.95. The largest absolute Gasteiger partial charge is 0.380 e. The number of benzene rings is 1. The van der Waals surface area contributed by atoms with Crippen LogP contribution in [0.2, 0.25) is 10.3 Å². The topological polar surface area (TPSA) is 37.8 Å². The maximum Gasteiger partial charge on any atom is 0.174 e. The first-order valence-corrected chi connectivity index (χ1v) is 6.40. The molecule has 2 aromatic rings. The van der Waals surface area contributed by atoms with Gasteiger partial charge in [0.25, 0.3) is 0 Å². The van der Waals surface area contributed by atoms with Gasteiger partial charge in [0.1, 0.15) is 0 Å². The number of rotatable bonds is 4. The van der Waals surface area contributed by atoms with Crippen molar-refractivity contribution in [3.8, 4) is 0 Å². The van der Waals surface area contributed by atoms with E-state index in [-0.39, 0.29) is 6.04 Å². The number of nitrogens with zero attached hydrogens (tertiary/aromatic N) is 2. The summed E-state index contributed by atoms with van der Waals surface area (Å²) in [5, 5.41) is 11.4. The van der Waals surface area contributed by atoms with Gasteiger partial charge in [-0.15, -0.1) is 10.2 Å². The molecular formula is C13H13Cl2N3. The summed E-state index contributed by atoms with van der Waals surface area (Å²) < 4.78 is 0. The molecule has 0 saturated carbocycles. The molecule has 0 aliphatic heterocycles. The molecule has 94 valence electrons. The molecule has 1 aromatic heterocycles. The Bertz CT molecular complexity index is 517. The summed E-state index contributed by atoms with van der Waals surface area (Å²) in [6, 6.07) is 12.2. The fraction of sp³-hybridized carbons (Fsp3) is 0.231. The molecule has 18 heavy (non-hydrogen) atoms. The standard InChI is InChI=1S/C13H13Cl2N3/c1-9(7-10-5-3-2-4-6-10)16-11-8-12(14)17-18-13(11)15/h2-6,8-9H,7H2,1H3,(H,16,17). The van der Waals surface area contributed by atoms with Crippen molar-refractivity contribution in [3.63, 3.8) is 0 Å². The molecule has 1 unspecified atom stereocenters. The van der Waals surface area contributed by atoms with Crippen LogP contribution in [0.3, 0.4) is 0 Å². The van der Waals surface area contributed by atoms with Crippen molar-refractivity contribution in [2.75, 3.05) is 5.32 Å². The third-order valence-corrected chi connectivity index (χ3v) is 2.97. The molecular weight excluding hydrogens is 269 g/mol. The lowest BCUT2D eigenvalue weighted by Gasteiger charge is -2.15. The first kappa shape index (κ1) is 13.1. The van der Waals surface area contributed by atoms with E-state index in [2.05, 4.69) is 34.6 Å². The van der Waals surface area contributed by atoms with Gasteiger partial charge in [0.15, 0.2) is 10.3 Å². The second-order valence-corrected chi connectivity index (χ2v) is 4.85. The van der Waals surface area contributed by atoms with Gasteiger partial charge in [-0.05, 0) is 18.9 Å². The Morgan fingerprint density at radius 3 is 2.61 bits per heavy atom. The second kappa shape index (κ2) is 6.03. The van der Waals surface area contributed by atoms with Gasteiger partial charge < -0.3 is 5.32 Å². The van der Waals surface area contributed by atoms with E-state index < -0.39 is 0 Å².